The molecule has 1 saturated heterocycles. The molecule has 3 aliphatic rings. The molecule has 1 fully saturated rings. The van der Waals surface area contributed by atoms with Crippen LogP contribution in [0.1, 0.15) is 17.9 Å². The third-order valence-corrected chi connectivity index (χ3v) is 4.86. The van der Waals surface area contributed by atoms with Crippen LogP contribution in [0.4, 0.5) is 0 Å². The van der Waals surface area contributed by atoms with Gasteiger partial charge >= 0.3 is 0 Å². The molecule has 0 N–H and O–H groups in total. The molecule has 3 nitrogen and oxygen atoms in total. The lowest BCUT2D eigenvalue weighted by atomic mass is 9.76. The Morgan fingerprint density at radius 3 is 2.80 bits per heavy atom. The Morgan fingerprint density at radius 2 is 1.90 bits per heavy atom. The van der Waals surface area contributed by atoms with Crippen molar-refractivity contribution >= 4 is 0 Å². The minimum atomic E-state index is 0.544. The highest BCUT2D eigenvalue weighted by Gasteiger charge is 2.35. The maximum atomic E-state index is 5.89. The summed E-state index contributed by atoms with van der Waals surface area (Å²) in [6, 6.07) is 9.10. The number of rotatable bonds is 1. The number of nitrogens with zero attached hydrogens (tertiary/aromatic N) is 1. The molecule has 0 amide bonds. The van der Waals surface area contributed by atoms with Crippen LogP contribution in [0, 0.1) is 5.92 Å². The third kappa shape index (κ3) is 2.15. The summed E-state index contributed by atoms with van der Waals surface area (Å²) < 4.78 is 11.4. The standard InChI is InChI=1S/C17H21NO2/c1-2-4-17-15(3-1)16-11-14(6-5-13(16)12-20-17)18-7-9-19-10-8-18/h1-6,13-14,16H,7-12H2/t13-,14+,16-/m1/s1. The predicted octanol–water partition coefficient (Wildman–Crippen LogP) is 2.44. The van der Waals surface area contributed by atoms with E-state index in [2.05, 4.69) is 41.3 Å². The van der Waals surface area contributed by atoms with Gasteiger partial charge in [-0.1, -0.05) is 30.4 Å². The highest BCUT2D eigenvalue weighted by atomic mass is 16.5. The van der Waals surface area contributed by atoms with Gasteiger partial charge in [0.25, 0.3) is 0 Å². The zero-order chi connectivity index (χ0) is 13.4. The summed E-state index contributed by atoms with van der Waals surface area (Å²) in [7, 11) is 0. The van der Waals surface area contributed by atoms with Gasteiger partial charge in [0.05, 0.1) is 19.8 Å². The van der Waals surface area contributed by atoms with E-state index in [0.29, 0.717) is 17.9 Å². The first-order valence-corrected chi connectivity index (χ1v) is 7.63. The Hall–Kier alpha value is -1.32. The lowest BCUT2D eigenvalue weighted by molar-refractivity contribution is 0.0194. The van der Waals surface area contributed by atoms with Gasteiger partial charge in [-0.25, -0.2) is 0 Å². The fourth-order valence-electron chi connectivity index (χ4n) is 3.73. The molecule has 0 bridgehead atoms. The van der Waals surface area contributed by atoms with E-state index in [1.54, 1.807) is 0 Å². The van der Waals surface area contributed by atoms with Crippen molar-refractivity contribution in [2.45, 2.75) is 18.4 Å². The summed E-state index contributed by atoms with van der Waals surface area (Å²) in [6.07, 6.45) is 5.98. The van der Waals surface area contributed by atoms with Gasteiger partial charge in [-0.05, 0) is 24.0 Å². The van der Waals surface area contributed by atoms with E-state index in [9.17, 15) is 0 Å². The third-order valence-electron chi connectivity index (χ3n) is 4.86. The molecule has 1 aromatic carbocycles. The summed E-state index contributed by atoms with van der Waals surface area (Å²) in [6.45, 7) is 4.69. The fourth-order valence-corrected chi connectivity index (χ4v) is 3.73. The molecule has 106 valence electrons. The van der Waals surface area contributed by atoms with Crippen molar-refractivity contribution in [3.05, 3.63) is 42.0 Å². The molecule has 4 rings (SSSR count). The smallest absolute Gasteiger partial charge is 0.122 e. The largest absolute Gasteiger partial charge is 0.493 e. The summed E-state index contributed by atoms with van der Waals surface area (Å²) >= 11 is 0. The van der Waals surface area contributed by atoms with Crippen LogP contribution in [-0.2, 0) is 4.74 Å². The molecular formula is C17H21NO2. The second kappa shape index (κ2) is 5.23. The molecule has 20 heavy (non-hydrogen) atoms. The van der Waals surface area contributed by atoms with Crippen molar-refractivity contribution in [3.63, 3.8) is 0 Å². The van der Waals surface area contributed by atoms with E-state index in [1.807, 2.05) is 0 Å². The second-order valence-corrected chi connectivity index (χ2v) is 5.96. The SMILES string of the molecule is C1=C[C@H](N2CCOCC2)C[C@H]2c3ccccc3OC[C@@H]12. The topological polar surface area (TPSA) is 21.7 Å². The van der Waals surface area contributed by atoms with Gasteiger partial charge in [0, 0.05) is 25.0 Å². The molecule has 0 unspecified atom stereocenters. The van der Waals surface area contributed by atoms with Gasteiger partial charge < -0.3 is 9.47 Å². The first-order valence-electron chi connectivity index (χ1n) is 7.63. The average molecular weight is 271 g/mol. The van der Waals surface area contributed by atoms with Gasteiger partial charge in [0.2, 0.25) is 0 Å². The van der Waals surface area contributed by atoms with Crippen LogP contribution in [0.15, 0.2) is 36.4 Å². The Balaban J connectivity index is 1.58. The van der Waals surface area contributed by atoms with Gasteiger partial charge in [-0.15, -0.1) is 0 Å². The Morgan fingerprint density at radius 1 is 1.05 bits per heavy atom. The van der Waals surface area contributed by atoms with Crippen LogP contribution in [0.3, 0.4) is 0 Å². The van der Waals surface area contributed by atoms with E-state index >= 15 is 0 Å². The van der Waals surface area contributed by atoms with E-state index in [0.717, 1.165) is 38.7 Å². The molecular weight excluding hydrogens is 250 g/mol. The molecule has 1 aliphatic carbocycles. The summed E-state index contributed by atoms with van der Waals surface area (Å²) in [4.78, 5) is 2.56. The van der Waals surface area contributed by atoms with Crippen LogP contribution < -0.4 is 4.74 Å². The van der Waals surface area contributed by atoms with E-state index in [1.165, 1.54) is 12.0 Å². The fraction of sp³-hybridized carbons (Fsp3) is 0.529. The first-order chi connectivity index (χ1) is 9.92. The summed E-state index contributed by atoms with van der Waals surface area (Å²) in [5.41, 5.74) is 1.39. The number of hydrogen-bond acceptors (Lipinski definition) is 3. The quantitative estimate of drug-likeness (QED) is 0.732. The minimum absolute atomic E-state index is 0.544. The van der Waals surface area contributed by atoms with Crippen molar-refractivity contribution in [3.8, 4) is 5.75 Å². The second-order valence-electron chi connectivity index (χ2n) is 5.96. The molecule has 0 radical (unpaired) electrons. The van der Waals surface area contributed by atoms with Crippen LogP contribution in [0.2, 0.25) is 0 Å². The number of fused-ring (bicyclic) bond motifs is 3. The number of para-hydroxylation sites is 1. The number of benzene rings is 1. The highest BCUT2D eigenvalue weighted by Crippen LogP contribution is 2.43. The number of ether oxygens (including phenoxy) is 2. The number of hydrogen-bond donors (Lipinski definition) is 0. The van der Waals surface area contributed by atoms with Crippen LogP contribution >= 0.6 is 0 Å². The zero-order valence-electron chi connectivity index (χ0n) is 11.7. The zero-order valence-corrected chi connectivity index (χ0v) is 11.7. The van der Waals surface area contributed by atoms with Crippen LogP contribution in [-0.4, -0.2) is 43.9 Å². The number of morpholine rings is 1. The molecule has 2 aliphatic heterocycles. The molecule has 3 atom stereocenters. The predicted molar refractivity (Wildman–Crippen MR) is 78.1 cm³/mol. The maximum absolute atomic E-state index is 5.89. The molecule has 0 spiro atoms. The lowest BCUT2D eigenvalue weighted by Crippen LogP contribution is -2.45. The molecule has 0 aromatic heterocycles. The normalized spacial score (nSPS) is 33.1. The average Bonchev–Trinajstić information content (AvgIpc) is 2.55. The van der Waals surface area contributed by atoms with Crippen molar-refractivity contribution in [1.29, 1.82) is 0 Å². The van der Waals surface area contributed by atoms with Gasteiger partial charge in [-0.3, -0.25) is 4.90 Å². The van der Waals surface area contributed by atoms with E-state index in [4.69, 9.17) is 9.47 Å². The maximum Gasteiger partial charge on any atom is 0.122 e. The summed E-state index contributed by atoms with van der Waals surface area (Å²) in [5.74, 6) is 2.24. The monoisotopic (exact) mass is 271 g/mol. The highest BCUT2D eigenvalue weighted by molar-refractivity contribution is 5.40. The van der Waals surface area contributed by atoms with Crippen molar-refractivity contribution in [1.82, 2.24) is 4.90 Å². The Kier molecular flexibility index (Phi) is 3.25. The minimum Gasteiger partial charge on any atom is -0.493 e. The van der Waals surface area contributed by atoms with Crippen LogP contribution in [0.5, 0.6) is 5.75 Å². The van der Waals surface area contributed by atoms with Crippen LogP contribution in [0.25, 0.3) is 0 Å². The van der Waals surface area contributed by atoms with Crippen molar-refractivity contribution < 1.29 is 9.47 Å². The molecule has 3 heteroatoms. The molecule has 1 aromatic rings. The van der Waals surface area contributed by atoms with Crippen molar-refractivity contribution in [2.24, 2.45) is 5.92 Å². The first kappa shape index (κ1) is 12.4. The van der Waals surface area contributed by atoms with Gasteiger partial charge in [0.1, 0.15) is 5.75 Å². The summed E-state index contributed by atoms with van der Waals surface area (Å²) in [5, 5.41) is 0. The van der Waals surface area contributed by atoms with E-state index in [-0.39, 0.29) is 0 Å². The Bertz CT molecular complexity index is 507. The van der Waals surface area contributed by atoms with Crippen molar-refractivity contribution in [2.75, 3.05) is 32.9 Å². The molecule has 0 saturated carbocycles. The van der Waals surface area contributed by atoms with E-state index < -0.39 is 0 Å². The Labute approximate surface area is 120 Å². The van der Waals surface area contributed by atoms with Gasteiger partial charge in [0.15, 0.2) is 0 Å². The lowest BCUT2D eigenvalue weighted by Gasteiger charge is -2.41. The van der Waals surface area contributed by atoms with Gasteiger partial charge in [-0.2, -0.15) is 0 Å². The molecule has 2 heterocycles.